The number of nitrogens with zero attached hydrogens (tertiary/aromatic N) is 3. The van der Waals surface area contributed by atoms with Gasteiger partial charge in [-0.15, -0.1) is 5.10 Å². The highest BCUT2D eigenvalue weighted by Crippen LogP contribution is 2.22. The summed E-state index contributed by atoms with van der Waals surface area (Å²) in [5.41, 5.74) is 1.83. The van der Waals surface area contributed by atoms with Gasteiger partial charge in [0, 0.05) is 10.6 Å². The number of rotatable bonds is 6. The predicted octanol–water partition coefficient (Wildman–Crippen LogP) is 5.02. The summed E-state index contributed by atoms with van der Waals surface area (Å²) in [6.45, 7) is 0.876. The van der Waals surface area contributed by atoms with Crippen molar-refractivity contribution < 1.29 is 9.15 Å². The van der Waals surface area contributed by atoms with Gasteiger partial charge in [-0.05, 0) is 54.2 Å². The first kappa shape index (κ1) is 17.2. The Morgan fingerprint density at radius 3 is 2.56 bits per heavy atom. The maximum absolute atomic E-state index is 8.64. The van der Waals surface area contributed by atoms with Gasteiger partial charge in [0.2, 0.25) is 5.89 Å². The SMILES string of the molecule is N#CCCn1nc(-c2ccc(OCc3ccc(Cl)cc3)cc2)oc1=S. The molecule has 3 rings (SSSR count). The summed E-state index contributed by atoms with van der Waals surface area (Å²) in [5.74, 6) is 1.16. The summed E-state index contributed by atoms with van der Waals surface area (Å²) in [6.07, 6.45) is 0.331. The van der Waals surface area contributed by atoms with Crippen molar-refractivity contribution in [3.8, 4) is 23.3 Å². The van der Waals surface area contributed by atoms with Gasteiger partial charge in [0.15, 0.2) is 0 Å². The van der Waals surface area contributed by atoms with Gasteiger partial charge in [-0.2, -0.15) is 5.26 Å². The molecule has 3 aromatic rings. The van der Waals surface area contributed by atoms with E-state index in [1.807, 2.05) is 48.5 Å². The van der Waals surface area contributed by atoms with Gasteiger partial charge in [-0.3, -0.25) is 0 Å². The second kappa shape index (κ2) is 7.97. The summed E-state index contributed by atoms with van der Waals surface area (Å²) in [5, 5.41) is 13.6. The molecule has 0 fully saturated rings. The van der Waals surface area contributed by atoms with E-state index in [0.717, 1.165) is 16.9 Å². The van der Waals surface area contributed by atoms with Crippen LogP contribution in [0.1, 0.15) is 12.0 Å². The Kier molecular flexibility index (Phi) is 5.49. The minimum absolute atomic E-state index is 0.258. The highest BCUT2D eigenvalue weighted by atomic mass is 35.5. The van der Waals surface area contributed by atoms with Crippen molar-refractivity contribution in [1.29, 1.82) is 5.26 Å². The maximum atomic E-state index is 8.64. The van der Waals surface area contributed by atoms with E-state index in [1.54, 1.807) is 0 Å². The van der Waals surface area contributed by atoms with Gasteiger partial charge in [0.05, 0.1) is 19.0 Å². The summed E-state index contributed by atoms with van der Waals surface area (Å²) >= 11 is 11.0. The Morgan fingerprint density at radius 2 is 1.88 bits per heavy atom. The Morgan fingerprint density at radius 1 is 1.16 bits per heavy atom. The molecule has 0 N–H and O–H groups in total. The van der Waals surface area contributed by atoms with E-state index in [9.17, 15) is 0 Å². The summed E-state index contributed by atoms with van der Waals surface area (Å²) in [6, 6.07) is 17.0. The number of aromatic nitrogens is 2. The number of hydrogen-bond donors (Lipinski definition) is 0. The molecule has 1 heterocycles. The fourth-order valence-corrected chi connectivity index (χ4v) is 2.50. The molecule has 0 bridgehead atoms. The largest absolute Gasteiger partial charge is 0.489 e. The smallest absolute Gasteiger partial charge is 0.287 e. The van der Waals surface area contributed by atoms with Crippen LogP contribution >= 0.6 is 23.8 Å². The number of halogens is 1. The molecule has 126 valence electrons. The predicted molar refractivity (Wildman–Crippen MR) is 96.8 cm³/mol. The molecule has 0 aliphatic heterocycles. The third-order valence-corrected chi connectivity index (χ3v) is 4.01. The Labute approximate surface area is 155 Å². The first-order valence-corrected chi connectivity index (χ1v) is 8.37. The lowest BCUT2D eigenvalue weighted by molar-refractivity contribution is 0.306. The van der Waals surface area contributed by atoms with Crippen LogP contribution in [0.4, 0.5) is 0 Å². The van der Waals surface area contributed by atoms with Crippen molar-refractivity contribution in [2.24, 2.45) is 0 Å². The zero-order valence-electron chi connectivity index (χ0n) is 13.2. The summed E-state index contributed by atoms with van der Waals surface area (Å²) in [4.78, 5) is 0.258. The van der Waals surface area contributed by atoms with Gasteiger partial charge < -0.3 is 9.15 Å². The normalized spacial score (nSPS) is 10.4. The lowest BCUT2D eigenvalue weighted by Gasteiger charge is -2.06. The lowest BCUT2D eigenvalue weighted by Crippen LogP contribution is -1.99. The van der Waals surface area contributed by atoms with Crippen molar-refractivity contribution in [2.75, 3.05) is 0 Å². The van der Waals surface area contributed by atoms with Gasteiger partial charge in [-0.25, -0.2) is 4.68 Å². The van der Waals surface area contributed by atoms with E-state index in [-0.39, 0.29) is 4.84 Å². The van der Waals surface area contributed by atoms with Crippen LogP contribution in [0, 0.1) is 16.2 Å². The van der Waals surface area contributed by atoms with E-state index in [2.05, 4.69) is 11.2 Å². The van der Waals surface area contributed by atoms with Crippen LogP contribution in [-0.2, 0) is 13.2 Å². The second-order valence-electron chi connectivity index (χ2n) is 5.24. The topological polar surface area (TPSA) is 64.0 Å². The molecule has 0 amide bonds. The third kappa shape index (κ3) is 4.47. The van der Waals surface area contributed by atoms with Crippen molar-refractivity contribution in [2.45, 2.75) is 19.6 Å². The third-order valence-electron chi connectivity index (χ3n) is 3.46. The fraction of sp³-hybridized carbons (Fsp3) is 0.167. The van der Waals surface area contributed by atoms with Crippen LogP contribution in [-0.4, -0.2) is 9.78 Å². The number of benzene rings is 2. The molecule has 1 aromatic heterocycles. The molecule has 5 nitrogen and oxygen atoms in total. The van der Waals surface area contributed by atoms with E-state index in [0.29, 0.717) is 30.5 Å². The van der Waals surface area contributed by atoms with E-state index < -0.39 is 0 Å². The molecule has 2 aromatic carbocycles. The van der Waals surface area contributed by atoms with Crippen LogP contribution < -0.4 is 4.74 Å². The fourth-order valence-electron chi connectivity index (χ4n) is 2.16. The number of hydrogen-bond acceptors (Lipinski definition) is 5. The standard InChI is InChI=1S/C18H14ClN3O2S/c19-15-6-2-13(3-7-15)12-23-16-8-4-14(5-9-16)17-21-22(11-1-10-20)18(25)24-17/h2-9H,1,11-12H2. The highest BCUT2D eigenvalue weighted by molar-refractivity contribution is 7.71. The Bertz CT molecular complexity index is 940. The minimum Gasteiger partial charge on any atom is -0.489 e. The number of ether oxygens (including phenoxy) is 1. The lowest BCUT2D eigenvalue weighted by atomic mass is 10.2. The van der Waals surface area contributed by atoms with E-state index in [4.69, 9.17) is 38.2 Å². The molecular formula is C18H14ClN3O2S. The summed E-state index contributed by atoms with van der Waals surface area (Å²) < 4.78 is 12.7. The second-order valence-corrected chi connectivity index (χ2v) is 6.03. The van der Waals surface area contributed by atoms with Crippen molar-refractivity contribution in [3.05, 3.63) is 64.0 Å². The maximum Gasteiger partial charge on any atom is 0.287 e. The first-order chi connectivity index (χ1) is 12.2. The minimum atomic E-state index is 0.258. The first-order valence-electron chi connectivity index (χ1n) is 7.58. The van der Waals surface area contributed by atoms with Crippen molar-refractivity contribution >= 4 is 23.8 Å². The van der Waals surface area contributed by atoms with E-state index >= 15 is 0 Å². The molecule has 0 spiro atoms. The van der Waals surface area contributed by atoms with Crippen molar-refractivity contribution in [1.82, 2.24) is 9.78 Å². The molecule has 0 unspecified atom stereocenters. The number of aryl methyl sites for hydroxylation is 1. The van der Waals surface area contributed by atoms with Crippen LogP contribution in [0.3, 0.4) is 0 Å². The molecular weight excluding hydrogens is 358 g/mol. The molecule has 0 radical (unpaired) electrons. The Balaban J connectivity index is 1.67. The zero-order chi connectivity index (χ0) is 17.6. The van der Waals surface area contributed by atoms with Gasteiger partial charge in [0.25, 0.3) is 4.84 Å². The summed E-state index contributed by atoms with van der Waals surface area (Å²) in [7, 11) is 0. The van der Waals surface area contributed by atoms with Crippen LogP contribution in [0.25, 0.3) is 11.5 Å². The molecule has 0 atom stereocenters. The van der Waals surface area contributed by atoms with Gasteiger partial charge in [-0.1, -0.05) is 23.7 Å². The average Bonchev–Trinajstić information content (AvgIpc) is 3.00. The molecule has 0 aliphatic carbocycles. The van der Waals surface area contributed by atoms with Crippen molar-refractivity contribution in [3.63, 3.8) is 0 Å². The zero-order valence-corrected chi connectivity index (χ0v) is 14.8. The molecule has 7 heteroatoms. The average molecular weight is 372 g/mol. The molecule has 25 heavy (non-hydrogen) atoms. The quantitative estimate of drug-likeness (QED) is 0.569. The van der Waals surface area contributed by atoms with E-state index in [1.165, 1.54) is 4.68 Å². The van der Waals surface area contributed by atoms with Gasteiger partial charge >= 0.3 is 0 Å². The molecule has 0 saturated heterocycles. The van der Waals surface area contributed by atoms with Crippen LogP contribution in [0.5, 0.6) is 5.75 Å². The van der Waals surface area contributed by atoms with Crippen LogP contribution in [0.2, 0.25) is 5.02 Å². The highest BCUT2D eigenvalue weighted by Gasteiger charge is 2.08. The van der Waals surface area contributed by atoms with Crippen LogP contribution in [0.15, 0.2) is 52.9 Å². The molecule has 0 aliphatic rings. The Hall–Kier alpha value is -2.62. The monoisotopic (exact) mass is 371 g/mol. The molecule has 0 saturated carbocycles. The van der Waals surface area contributed by atoms with Gasteiger partial charge in [0.1, 0.15) is 12.4 Å². The number of nitriles is 1.